The number of hydrogen-bond donors (Lipinski definition) is 1. The molecular weight excluding hydrogens is 464 g/mol. The maximum atomic E-state index is 13.6. The number of aromatic nitrogens is 3. The van der Waals surface area contributed by atoms with Gasteiger partial charge in [-0.05, 0) is 45.4 Å². The lowest BCUT2D eigenvalue weighted by Crippen LogP contribution is -2.31. The Balaban J connectivity index is 1.90. The smallest absolute Gasteiger partial charge is 0.296 e. The number of aliphatic hydroxyl groups is 1. The van der Waals surface area contributed by atoms with E-state index in [1.54, 1.807) is 39.0 Å². The predicted octanol–water partition coefficient (Wildman–Crippen LogP) is 4.11. The van der Waals surface area contributed by atoms with Gasteiger partial charge in [-0.3, -0.25) is 14.5 Å². The van der Waals surface area contributed by atoms with Gasteiger partial charge in [-0.2, -0.15) is 0 Å². The van der Waals surface area contributed by atoms with Gasteiger partial charge in [0.25, 0.3) is 5.91 Å². The van der Waals surface area contributed by atoms with Crippen LogP contribution in [0.15, 0.2) is 29.5 Å². The zero-order chi connectivity index (χ0) is 23.9. The molecule has 4 rings (SSSR count). The number of ether oxygens (including phenoxy) is 2. The fourth-order valence-electron chi connectivity index (χ4n) is 3.73. The Kier molecular flexibility index (Phi) is 6.17. The lowest BCUT2D eigenvalue weighted by molar-refractivity contribution is -0.117. The summed E-state index contributed by atoms with van der Waals surface area (Å²) in [6.45, 7) is 7.60. The molecule has 1 aliphatic rings. The Morgan fingerprint density at radius 3 is 2.48 bits per heavy atom. The molecule has 1 aromatic carbocycles. The van der Waals surface area contributed by atoms with Crippen molar-refractivity contribution in [3.05, 3.63) is 55.7 Å². The first kappa shape index (κ1) is 22.9. The molecule has 0 radical (unpaired) electrons. The van der Waals surface area contributed by atoms with E-state index in [1.165, 1.54) is 34.7 Å². The summed E-state index contributed by atoms with van der Waals surface area (Å²) in [6, 6.07) is 4.22. The third kappa shape index (κ3) is 3.98. The molecule has 172 valence electrons. The number of thiazole rings is 1. The van der Waals surface area contributed by atoms with Gasteiger partial charge < -0.3 is 14.6 Å². The Bertz CT molecular complexity index is 1280. The highest BCUT2D eigenvalue weighted by molar-refractivity contribution is 7.15. The maximum Gasteiger partial charge on any atom is 0.296 e. The highest BCUT2D eigenvalue weighted by atomic mass is 32.1. The molecule has 0 spiro atoms. The normalized spacial score (nSPS) is 16.0. The minimum absolute atomic E-state index is 0.0363. The van der Waals surface area contributed by atoms with Crippen LogP contribution in [0.1, 0.15) is 43.9 Å². The number of methoxy groups -OCH3 is 1. The quantitative estimate of drug-likeness (QED) is 0.496. The molecule has 1 N–H and O–H groups in total. The number of nitrogens with zero attached hydrogens (tertiary/aromatic N) is 4. The highest BCUT2D eigenvalue weighted by Crippen LogP contribution is 2.45. The number of benzene rings is 1. The van der Waals surface area contributed by atoms with E-state index < -0.39 is 23.5 Å². The van der Waals surface area contributed by atoms with E-state index in [4.69, 9.17) is 9.47 Å². The number of amides is 1. The molecule has 3 heterocycles. The highest BCUT2D eigenvalue weighted by Gasteiger charge is 2.46. The number of anilines is 1. The third-order valence-electron chi connectivity index (χ3n) is 5.09. The van der Waals surface area contributed by atoms with E-state index in [-0.39, 0.29) is 10.7 Å². The first-order valence-corrected chi connectivity index (χ1v) is 11.8. The van der Waals surface area contributed by atoms with E-state index in [0.29, 0.717) is 39.2 Å². The summed E-state index contributed by atoms with van der Waals surface area (Å²) in [4.78, 5) is 32.8. The van der Waals surface area contributed by atoms with Crippen LogP contribution in [0.3, 0.4) is 0 Å². The molecule has 0 saturated heterocycles. The van der Waals surface area contributed by atoms with E-state index >= 15 is 0 Å². The van der Waals surface area contributed by atoms with Crippen LogP contribution in [0.2, 0.25) is 0 Å². The second-order valence-electron chi connectivity index (χ2n) is 7.26. The zero-order valence-corrected chi connectivity index (χ0v) is 20.3. The number of aliphatic hydroxyl groups excluding tert-OH is 1. The molecule has 1 unspecified atom stereocenters. The molecule has 1 amide bonds. The van der Waals surface area contributed by atoms with Crippen molar-refractivity contribution in [3.63, 3.8) is 0 Å². The van der Waals surface area contributed by atoms with Crippen LogP contribution in [-0.2, 0) is 4.79 Å². The Morgan fingerprint density at radius 1 is 1.15 bits per heavy atom. The Labute approximate surface area is 198 Å². The average Bonchev–Trinajstić information content (AvgIpc) is 3.44. The van der Waals surface area contributed by atoms with Crippen molar-refractivity contribution in [1.82, 2.24) is 15.2 Å². The summed E-state index contributed by atoms with van der Waals surface area (Å²) in [5.41, 5.74) is 1.07. The second kappa shape index (κ2) is 8.91. The molecule has 0 bridgehead atoms. The van der Waals surface area contributed by atoms with Crippen molar-refractivity contribution in [2.75, 3.05) is 18.6 Å². The number of carbonyl (C=O) groups excluding carboxylic acids is 2. The number of Topliss-reactive ketones (excluding diaryl/α,β-unsaturated/α-hetero) is 1. The van der Waals surface area contributed by atoms with Gasteiger partial charge in [0.2, 0.25) is 10.9 Å². The SMILES string of the molecule is CCOc1ccc(C2C(C(=O)c3sc(C)nc3C)=C(O)C(=O)N2c2nnc(C)s2)cc1OC. The Morgan fingerprint density at radius 2 is 1.91 bits per heavy atom. The molecule has 3 aromatic rings. The third-order valence-corrected chi connectivity index (χ3v) is 7.00. The summed E-state index contributed by atoms with van der Waals surface area (Å²) >= 11 is 2.42. The van der Waals surface area contributed by atoms with Crippen molar-refractivity contribution >= 4 is 39.5 Å². The lowest BCUT2D eigenvalue weighted by Gasteiger charge is -2.24. The standard InChI is InChI=1S/C22H22N4O5S2/c1-6-31-14-8-7-13(9-15(14)30-5)17-16(18(27)20-10(2)23-11(3)32-20)19(28)21(29)26(17)22-25-24-12(4)33-22/h7-9,17,28H,6H2,1-5H3. The monoisotopic (exact) mass is 486 g/mol. The number of carbonyl (C=O) groups is 2. The average molecular weight is 487 g/mol. The van der Waals surface area contributed by atoms with Crippen molar-refractivity contribution in [2.24, 2.45) is 0 Å². The topological polar surface area (TPSA) is 115 Å². The number of hydrogen-bond acceptors (Lipinski definition) is 10. The second-order valence-corrected chi connectivity index (χ2v) is 9.63. The fraction of sp³-hybridized carbons (Fsp3) is 0.318. The van der Waals surface area contributed by atoms with Gasteiger partial charge in [-0.25, -0.2) is 4.98 Å². The van der Waals surface area contributed by atoms with Crippen molar-refractivity contribution in [1.29, 1.82) is 0 Å². The minimum atomic E-state index is -0.927. The lowest BCUT2D eigenvalue weighted by atomic mass is 9.95. The van der Waals surface area contributed by atoms with Gasteiger partial charge in [0.05, 0.1) is 40.9 Å². The van der Waals surface area contributed by atoms with Crippen LogP contribution in [0.4, 0.5) is 5.13 Å². The van der Waals surface area contributed by atoms with Crippen LogP contribution in [0.5, 0.6) is 11.5 Å². The fourth-order valence-corrected chi connectivity index (χ4v) is 5.31. The van der Waals surface area contributed by atoms with E-state index in [1.807, 2.05) is 6.92 Å². The molecule has 0 fully saturated rings. The summed E-state index contributed by atoms with van der Waals surface area (Å²) < 4.78 is 11.1. The molecule has 33 heavy (non-hydrogen) atoms. The van der Waals surface area contributed by atoms with Crippen LogP contribution in [0, 0.1) is 20.8 Å². The summed E-state index contributed by atoms with van der Waals surface area (Å²) in [6.07, 6.45) is 0. The molecule has 1 aliphatic heterocycles. The first-order chi connectivity index (χ1) is 15.8. The summed E-state index contributed by atoms with van der Waals surface area (Å²) in [5, 5.41) is 20.6. The van der Waals surface area contributed by atoms with Gasteiger partial charge in [-0.1, -0.05) is 17.4 Å². The summed E-state index contributed by atoms with van der Waals surface area (Å²) in [5.74, 6) is -0.812. The van der Waals surface area contributed by atoms with E-state index in [9.17, 15) is 14.7 Å². The van der Waals surface area contributed by atoms with Gasteiger partial charge in [0.1, 0.15) is 5.01 Å². The molecule has 2 aromatic heterocycles. The largest absolute Gasteiger partial charge is 0.503 e. The van der Waals surface area contributed by atoms with Gasteiger partial charge in [-0.15, -0.1) is 21.5 Å². The van der Waals surface area contributed by atoms with Crippen LogP contribution < -0.4 is 14.4 Å². The van der Waals surface area contributed by atoms with Crippen LogP contribution in [-0.4, -0.2) is 45.7 Å². The molecule has 0 aliphatic carbocycles. The van der Waals surface area contributed by atoms with Crippen molar-refractivity contribution in [2.45, 2.75) is 33.7 Å². The number of aryl methyl sites for hydroxylation is 3. The van der Waals surface area contributed by atoms with Crippen molar-refractivity contribution in [3.8, 4) is 11.5 Å². The number of ketones is 1. The molecule has 11 heteroatoms. The van der Waals surface area contributed by atoms with Gasteiger partial charge >= 0.3 is 0 Å². The first-order valence-electron chi connectivity index (χ1n) is 10.1. The minimum Gasteiger partial charge on any atom is -0.503 e. The van der Waals surface area contributed by atoms with Gasteiger partial charge in [0.15, 0.2) is 17.3 Å². The van der Waals surface area contributed by atoms with Crippen LogP contribution in [0.25, 0.3) is 0 Å². The van der Waals surface area contributed by atoms with Crippen molar-refractivity contribution < 1.29 is 24.2 Å². The predicted molar refractivity (Wildman–Crippen MR) is 125 cm³/mol. The molecule has 9 nitrogen and oxygen atoms in total. The molecule has 1 atom stereocenters. The van der Waals surface area contributed by atoms with E-state index in [2.05, 4.69) is 15.2 Å². The van der Waals surface area contributed by atoms with E-state index in [0.717, 1.165) is 5.01 Å². The maximum absolute atomic E-state index is 13.6. The summed E-state index contributed by atoms with van der Waals surface area (Å²) in [7, 11) is 1.51. The van der Waals surface area contributed by atoms with Crippen LogP contribution >= 0.6 is 22.7 Å². The Hall–Kier alpha value is -3.31. The zero-order valence-electron chi connectivity index (χ0n) is 18.7. The molecular formula is C22H22N4O5S2. The number of rotatable bonds is 7. The van der Waals surface area contributed by atoms with Gasteiger partial charge in [0, 0.05) is 0 Å². The molecule has 0 saturated carbocycles.